The summed E-state index contributed by atoms with van der Waals surface area (Å²) < 4.78 is 0. The molecule has 0 aromatic carbocycles. The van der Waals surface area contributed by atoms with E-state index in [1.54, 1.807) is 0 Å². The Morgan fingerprint density at radius 2 is 2.18 bits per heavy atom. The summed E-state index contributed by atoms with van der Waals surface area (Å²) in [6.07, 6.45) is 5.16. The predicted molar refractivity (Wildman–Crippen MR) is 72.6 cm³/mol. The van der Waals surface area contributed by atoms with Gasteiger partial charge in [-0.1, -0.05) is 32.5 Å². The maximum absolute atomic E-state index is 12.3. The lowest BCUT2D eigenvalue weighted by atomic mass is 9.62. The number of amides is 1. The molecule has 96 valence electrons. The first-order chi connectivity index (χ1) is 7.99. The summed E-state index contributed by atoms with van der Waals surface area (Å²) in [4.78, 5) is 12.6. The summed E-state index contributed by atoms with van der Waals surface area (Å²) in [5.41, 5.74) is 5.22. The molecule has 2 rings (SSSR count). The minimum absolute atomic E-state index is 0.0757. The molecule has 2 fully saturated rings. The molecule has 0 heterocycles. The highest BCUT2D eigenvalue weighted by Crippen LogP contribution is 2.47. The van der Waals surface area contributed by atoms with E-state index in [0.29, 0.717) is 22.9 Å². The number of carbonyl (C=O) groups is 1. The molecule has 0 saturated heterocycles. The number of hydrogen-bond donors (Lipinski definition) is 2. The van der Waals surface area contributed by atoms with Gasteiger partial charge in [-0.05, 0) is 37.5 Å². The van der Waals surface area contributed by atoms with Gasteiger partial charge in [-0.25, -0.2) is 0 Å². The molecular weight excluding hydrogens is 232 g/mol. The van der Waals surface area contributed by atoms with Gasteiger partial charge in [0.2, 0.25) is 5.91 Å². The van der Waals surface area contributed by atoms with Crippen molar-refractivity contribution in [2.24, 2.45) is 23.0 Å². The number of thiocarbonyl (C=S) groups is 1. The van der Waals surface area contributed by atoms with Gasteiger partial charge in [0.15, 0.2) is 0 Å². The van der Waals surface area contributed by atoms with Crippen LogP contribution in [0.3, 0.4) is 0 Å². The molecule has 2 saturated carbocycles. The molecule has 3 N–H and O–H groups in total. The fourth-order valence-electron chi connectivity index (χ4n) is 3.05. The standard InChI is InChI=1S/C13H22N2OS/c1-3-4-9-5-10(9)15-12(16)13(11(14)17)6-8(2)7-13/h8-10H,3-7H2,1-2H3,(H2,14,17)(H,15,16). The molecule has 0 radical (unpaired) electrons. The number of hydrogen-bond acceptors (Lipinski definition) is 2. The number of carbonyl (C=O) groups excluding carboxylic acids is 1. The van der Waals surface area contributed by atoms with Crippen LogP contribution in [0, 0.1) is 17.3 Å². The van der Waals surface area contributed by atoms with Crippen LogP contribution in [0.2, 0.25) is 0 Å². The Balaban J connectivity index is 1.89. The Kier molecular flexibility index (Phi) is 3.43. The Morgan fingerprint density at radius 3 is 2.65 bits per heavy atom. The topological polar surface area (TPSA) is 55.1 Å². The smallest absolute Gasteiger partial charge is 0.233 e. The van der Waals surface area contributed by atoms with Crippen molar-refractivity contribution in [2.75, 3.05) is 0 Å². The van der Waals surface area contributed by atoms with Crippen molar-refractivity contribution >= 4 is 23.1 Å². The summed E-state index contributed by atoms with van der Waals surface area (Å²) >= 11 is 5.08. The number of nitrogens with one attached hydrogen (secondary N) is 1. The van der Waals surface area contributed by atoms with Crippen molar-refractivity contribution in [1.29, 1.82) is 0 Å². The second-order valence-electron chi connectivity index (χ2n) is 5.82. The molecule has 0 spiro atoms. The highest BCUT2D eigenvalue weighted by Gasteiger charge is 2.52. The monoisotopic (exact) mass is 254 g/mol. The molecule has 0 aromatic rings. The van der Waals surface area contributed by atoms with Crippen LogP contribution in [0.25, 0.3) is 0 Å². The van der Waals surface area contributed by atoms with Gasteiger partial charge in [-0.3, -0.25) is 4.79 Å². The number of nitrogens with two attached hydrogens (primary N) is 1. The van der Waals surface area contributed by atoms with Crippen molar-refractivity contribution in [3.05, 3.63) is 0 Å². The molecule has 17 heavy (non-hydrogen) atoms. The Hall–Kier alpha value is -0.640. The third-order valence-electron chi connectivity index (χ3n) is 4.20. The van der Waals surface area contributed by atoms with E-state index in [1.807, 2.05) is 0 Å². The average Bonchev–Trinajstić information content (AvgIpc) is 2.91. The van der Waals surface area contributed by atoms with E-state index in [2.05, 4.69) is 19.2 Å². The van der Waals surface area contributed by atoms with Gasteiger partial charge in [0, 0.05) is 6.04 Å². The van der Waals surface area contributed by atoms with E-state index in [0.717, 1.165) is 19.3 Å². The molecule has 2 unspecified atom stereocenters. The van der Waals surface area contributed by atoms with E-state index in [4.69, 9.17) is 18.0 Å². The molecule has 2 atom stereocenters. The van der Waals surface area contributed by atoms with Crippen LogP contribution in [-0.4, -0.2) is 16.9 Å². The highest BCUT2D eigenvalue weighted by molar-refractivity contribution is 7.80. The molecule has 4 heteroatoms. The zero-order valence-corrected chi connectivity index (χ0v) is 11.5. The SMILES string of the molecule is CCCC1CC1NC(=O)C1(C(N)=S)CC(C)C1. The lowest BCUT2D eigenvalue weighted by molar-refractivity contribution is -0.133. The zero-order valence-electron chi connectivity index (χ0n) is 10.7. The lowest BCUT2D eigenvalue weighted by Gasteiger charge is -2.44. The van der Waals surface area contributed by atoms with Crippen molar-refractivity contribution < 1.29 is 4.79 Å². The first-order valence-electron chi connectivity index (χ1n) is 6.60. The largest absolute Gasteiger partial charge is 0.392 e. The molecule has 1 amide bonds. The molecular formula is C13H22N2OS. The van der Waals surface area contributed by atoms with Crippen molar-refractivity contribution in [2.45, 2.75) is 52.0 Å². The summed E-state index contributed by atoms with van der Waals surface area (Å²) in [6.45, 7) is 4.32. The maximum atomic E-state index is 12.3. The van der Waals surface area contributed by atoms with Crippen molar-refractivity contribution in [3.8, 4) is 0 Å². The quantitative estimate of drug-likeness (QED) is 0.738. The van der Waals surface area contributed by atoms with Gasteiger partial charge < -0.3 is 11.1 Å². The van der Waals surface area contributed by atoms with Gasteiger partial charge in [0.1, 0.15) is 0 Å². The van der Waals surface area contributed by atoms with Crippen LogP contribution >= 0.6 is 12.2 Å². The van der Waals surface area contributed by atoms with E-state index in [9.17, 15) is 4.79 Å². The summed E-state index contributed by atoms with van der Waals surface area (Å²) in [5, 5.41) is 3.13. The van der Waals surface area contributed by atoms with Gasteiger partial charge in [0.25, 0.3) is 0 Å². The second-order valence-corrected chi connectivity index (χ2v) is 6.26. The third-order valence-corrected chi connectivity index (χ3v) is 4.59. The molecule has 0 bridgehead atoms. The molecule has 3 nitrogen and oxygen atoms in total. The van der Waals surface area contributed by atoms with Crippen LogP contribution in [0.1, 0.15) is 46.0 Å². The fourth-order valence-corrected chi connectivity index (χ4v) is 3.31. The van der Waals surface area contributed by atoms with Crippen LogP contribution in [0.15, 0.2) is 0 Å². The van der Waals surface area contributed by atoms with Gasteiger partial charge in [0.05, 0.1) is 10.4 Å². The normalized spacial score (nSPS) is 39.3. The van der Waals surface area contributed by atoms with Crippen LogP contribution in [0.5, 0.6) is 0 Å². The Bertz CT molecular complexity index is 336. The van der Waals surface area contributed by atoms with Gasteiger partial charge in [-0.2, -0.15) is 0 Å². The summed E-state index contributed by atoms with van der Waals surface area (Å²) in [7, 11) is 0. The Morgan fingerprint density at radius 1 is 1.53 bits per heavy atom. The van der Waals surface area contributed by atoms with E-state index >= 15 is 0 Å². The number of rotatable bonds is 5. The predicted octanol–water partition coefficient (Wildman–Crippen LogP) is 1.99. The highest BCUT2D eigenvalue weighted by atomic mass is 32.1. The van der Waals surface area contributed by atoms with E-state index < -0.39 is 5.41 Å². The first-order valence-corrected chi connectivity index (χ1v) is 7.01. The minimum Gasteiger partial charge on any atom is -0.392 e. The van der Waals surface area contributed by atoms with Crippen LogP contribution < -0.4 is 11.1 Å². The molecule has 0 aliphatic heterocycles. The molecule has 2 aliphatic rings. The van der Waals surface area contributed by atoms with E-state index in [1.165, 1.54) is 12.8 Å². The van der Waals surface area contributed by atoms with Crippen LogP contribution in [0.4, 0.5) is 0 Å². The Labute approximate surface area is 109 Å². The summed E-state index contributed by atoms with van der Waals surface area (Å²) in [6, 6.07) is 0.379. The maximum Gasteiger partial charge on any atom is 0.233 e. The zero-order chi connectivity index (χ0) is 12.6. The van der Waals surface area contributed by atoms with Crippen LogP contribution in [-0.2, 0) is 4.79 Å². The van der Waals surface area contributed by atoms with Crippen molar-refractivity contribution in [1.82, 2.24) is 5.32 Å². The van der Waals surface area contributed by atoms with Crippen molar-refractivity contribution in [3.63, 3.8) is 0 Å². The summed E-state index contributed by atoms with van der Waals surface area (Å²) in [5.74, 6) is 1.32. The lowest BCUT2D eigenvalue weighted by Crippen LogP contribution is -2.56. The molecule has 0 aromatic heterocycles. The molecule has 2 aliphatic carbocycles. The fraction of sp³-hybridized carbons (Fsp3) is 0.846. The first kappa shape index (κ1) is 12.8. The van der Waals surface area contributed by atoms with Gasteiger partial charge in [-0.15, -0.1) is 0 Å². The second kappa shape index (κ2) is 4.56. The van der Waals surface area contributed by atoms with E-state index in [-0.39, 0.29) is 5.91 Å². The van der Waals surface area contributed by atoms with Gasteiger partial charge >= 0.3 is 0 Å². The third kappa shape index (κ3) is 2.32. The average molecular weight is 254 g/mol. The minimum atomic E-state index is -0.534.